The largest absolute Gasteiger partial charge is 0.492 e. The van der Waals surface area contributed by atoms with Crippen molar-refractivity contribution in [3.8, 4) is 11.5 Å². The summed E-state index contributed by atoms with van der Waals surface area (Å²) in [5.41, 5.74) is 2.85. The molecule has 134 valence electrons. The summed E-state index contributed by atoms with van der Waals surface area (Å²) in [5.74, 6) is 1.53. The van der Waals surface area contributed by atoms with Crippen LogP contribution in [-0.2, 0) is 4.79 Å². The Labute approximate surface area is 150 Å². The first-order valence-corrected chi connectivity index (χ1v) is 8.72. The quantitative estimate of drug-likeness (QED) is 0.777. The second-order valence-corrected chi connectivity index (χ2v) is 6.37. The lowest BCUT2D eigenvalue weighted by atomic mass is 10.0. The van der Waals surface area contributed by atoms with Gasteiger partial charge in [-0.3, -0.25) is 4.79 Å². The predicted molar refractivity (Wildman–Crippen MR) is 102 cm³/mol. The van der Waals surface area contributed by atoms with E-state index >= 15 is 0 Å². The number of hydrogen-bond acceptors (Lipinski definition) is 3. The predicted octanol–water partition coefficient (Wildman–Crippen LogP) is 4.92. The third kappa shape index (κ3) is 4.99. The molecule has 0 saturated heterocycles. The summed E-state index contributed by atoms with van der Waals surface area (Å²) in [7, 11) is 0. The van der Waals surface area contributed by atoms with E-state index in [-0.39, 0.29) is 5.91 Å². The number of benzene rings is 2. The van der Waals surface area contributed by atoms with Crippen LogP contribution < -0.4 is 14.8 Å². The second kappa shape index (κ2) is 8.56. The summed E-state index contributed by atoms with van der Waals surface area (Å²) in [6.07, 6.45) is -0.617. The van der Waals surface area contributed by atoms with E-state index in [1.54, 1.807) is 6.92 Å². The summed E-state index contributed by atoms with van der Waals surface area (Å²) in [6.45, 7) is 10.4. The molecule has 0 unspecified atom stereocenters. The smallest absolute Gasteiger partial charge is 0.265 e. The van der Waals surface area contributed by atoms with Crippen molar-refractivity contribution in [2.45, 2.75) is 46.6 Å². The molecular weight excluding hydrogens is 314 g/mol. The van der Waals surface area contributed by atoms with Gasteiger partial charge >= 0.3 is 0 Å². The molecular formula is C21H27NO3. The average molecular weight is 341 g/mol. The maximum absolute atomic E-state index is 12.5. The van der Waals surface area contributed by atoms with E-state index in [4.69, 9.17) is 9.47 Å². The Hall–Kier alpha value is -2.49. The molecule has 2 aromatic rings. The van der Waals surface area contributed by atoms with Crippen LogP contribution in [0.15, 0.2) is 42.5 Å². The minimum Gasteiger partial charge on any atom is -0.492 e. The van der Waals surface area contributed by atoms with Crippen molar-refractivity contribution < 1.29 is 14.3 Å². The first kappa shape index (κ1) is 18.8. The van der Waals surface area contributed by atoms with E-state index in [0.29, 0.717) is 24.0 Å². The van der Waals surface area contributed by atoms with Gasteiger partial charge in [-0.15, -0.1) is 0 Å². The summed E-state index contributed by atoms with van der Waals surface area (Å²) in [6, 6.07) is 13.5. The number of carbonyl (C=O) groups excluding carboxylic acids is 1. The zero-order chi connectivity index (χ0) is 18.4. The van der Waals surface area contributed by atoms with Crippen LogP contribution in [0.2, 0.25) is 0 Å². The average Bonchev–Trinajstić information content (AvgIpc) is 2.56. The summed E-state index contributed by atoms with van der Waals surface area (Å²) < 4.78 is 11.5. The molecule has 0 bridgehead atoms. The fraction of sp³-hybridized carbons (Fsp3) is 0.381. The Balaban J connectivity index is 2.13. The number of ether oxygens (including phenoxy) is 2. The highest BCUT2D eigenvalue weighted by Crippen LogP contribution is 2.29. The number of carbonyl (C=O) groups is 1. The van der Waals surface area contributed by atoms with Gasteiger partial charge in [-0.25, -0.2) is 0 Å². The van der Waals surface area contributed by atoms with Gasteiger partial charge in [0.25, 0.3) is 5.91 Å². The van der Waals surface area contributed by atoms with Crippen molar-refractivity contribution in [2.75, 3.05) is 11.9 Å². The zero-order valence-corrected chi connectivity index (χ0v) is 15.6. The topological polar surface area (TPSA) is 47.6 Å². The lowest BCUT2D eigenvalue weighted by Crippen LogP contribution is -2.30. The van der Waals surface area contributed by atoms with Gasteiger partial charge in [-0.2, -0.15) is 0 Å². The SMILES string of the molecule is CCOc1ccccc1NC(=O)[C@@H](C)Oc1cc(C)ccc1C(C)C. The molecule has 2 aromatic carbocycles. The lowest BCUT2D eigenvalue weighted by molar-refractivity contribution is -0.122. The van der Waals surface area contributed by atoms with Crippen LogP contribution in [0.3, 0.4) is 0 Å². The van der Waals surface area contributed by atoms with Gasteiger partial charge in [0.05, 0.1) is 12.3 Å². The first-order chi connectivity index (χ1) is 11.9. The third-order valence-corrected chi connectivity index (χ3v) is 3.91. The monoisotopic (exact) mass is 341 g/mol. The zero-order valence-electron chi connectivity index (χ0n) is 15.6. The summed E-state index contributed by atoms with van der Waals surface area (Å²) >= 11 is 0. The number of aryl methyl sites for hydroxylation is 1. The van der Waals surface area contributed by atoms with E-state index in [9.17, 15) is 4.79 Å². The molecule has 0 aliphatic rings. The molecule has 0 radical (unpaired) electrons. The molecule has 0 saturated carbocycles. The molecule has 0 fully saturated rings. The highest BCUT2D eigenvalue weighted by Gasteiger charge is 2.19. The van der Waals surface area contributed by atoms with Crippen molar-refractivity contribution in [3.05, 3.63) is 53.6 Å². The maximum Gasteiger partial charge on any atom is 0.265 e. The Morgan fingerprint density at radius 3 is 2.48 bits per heavy atom. The Bertz CT molecular complexity index is 725. The number of amides is 1. The van der Waals surface area contributed by atoms with Crippen LogP contribution in [-0.4, -0.2) is 18.6 Å². The molecule has 25 heavy (non-hydrogen) atoms. The number of nitrogens with one attached hydrogen (secondary N) is 1. The second-order valence-electron chi connectivity index (χ2n) is 6.37. The molecule has 0 heterocycles. The Kier molecular flexibility index (Phi) is 6.45. The van der Waals surface area contributed by atoms with Gasteiger partial charge in [0, 0.05) is 0 Å². The van der Waals surface area contributed by atoms with Crippen LogP contribution in [0.1, 0.15) is 44.7 Å². The van der Waals surface area contributed by atoms with Gasteiger partial charge in [0.15, 0.2) is 6.10 Å². The van der Waals surface area contributed by atoms with E-state index in [2.05, 4.69) is 31.3 Å². The Morgan fingerprint density at radius 1 is 1.08 bits per heavy atom. The van der Waals surface area contributed by atoms with Crippen molar-refractivity contribution in [2.24, 2.45) is 0 Å². The van der Waals surface area contributed by atoms with Gasteiger partial charge in [0.2, 0.25) is 0 Å². The molecule has 1 amide bonds. The maximum atomic E-state index is 12.5. The number of hydrogen-bond donors (Lipinski definition) is 1. The Morgan fingerprint density at radius 2 is 1.80 bits per heavy atom. The van der Waals surface area contributed by atoms with Crippen molar-refractivity contribution >= 4 is 11.6 Å². The highest BCUT2D eigenvalue weighted by atomic mass is 16.5. The normalized spacial score (nSPS) is 11.9. The summed E-state index contributed by atoms with van der Waals surface area (Å²) in [4.78, 5) is 12.5. The molecule has 4 nitrogen and oxygen atoms in total. The fourth-order valence-electron chi connectivity index (χ4n) is 2.55. The summed E-state index contributed by atoms with van der Waals surface area (Å²) in [5, 5.41) is 2.89. The lowest BCUT2D eigenvalue weighted by Gasteiger charge is -2.20. The minimum atomic E-state index is -0.617. The van der Waals surface area contributed by atoms with Crippen molar-refractivity contribution in [1.29, 1.82) is 0 Å². The molecule has 0 aromatic heterocycles. The molecule has 0 aliphatic carbocycles. The van der Waals surface area contributed by atoms with Gasteiger partial charge < -0.3 is 14.8 Å². The van der Waals surface area contributed by atoms with E-state index in [1.165, 1.54) is 0 Å². The molecule has 0 aliphatic heterocycles. The van der Waals surface area contributed by atoms with Crippen LogP contribution in [0.25, 0.3) is 0 Å². The van der Waals surface area contributed by atoms with Gasteiger partial charge in [0.1, 0.15) is 11.5 Å². The van der Waals surface area contributed by atoms with Crippen LogP contribution in [0, 0.1) is 6.92 Å². The van der Waals surface area contributed by atoms with Gasteiger partial charge in [-0.05, 0) is 56.0 Å². The van der Waals surface area contributed by atoms with Crippen molar-refractivity contribution in [3.63, 3.8) is 0 Å². The number of anilines is 1. The van der Waals surface area contributed by atoms with E-state index in [0.717, 1.165) is 16.9 Å². The number of para-hydroxylation sites is 2. The van der Waals surface area contributed by atoms with Gasteiger partial charge in [-0.1, -0.05) is 38.1 Å². The standard InChI is InChI=1S/C21H27NO3/c1-6-24-19-10-8-7-9-18(19)22-21(23)16(5)25-20-13-15(4)11-12-17(20)14(2)3/h7-14,16H,6H2,1-5H3,(H,22,23)/t16-/m1/s1. The van der Waals surface area contributed by atoms with Crippen molar-refractivity contribution in [1.82, 2.24) is 0 Å². The molecule has 1 N–H and O–H groups in total. The number of rotatable bonds is 7. The molecule has 0 spiro atoms. The van der Waals surface area contributed by atoms with Crippen LogP contribution in [0.5, 0.6) is 11.5 Å². The highest BCUT2D eigenvalue weighted by molar-refractivity contribution is 5.95. The van der Waals surface area contributed by atoms with E-state index < -0.39 is 6.10 Å². The first-order valence-electron chi connectivity index (χ1n) is 8.72. The molecule has 2 rings (SSSR count). The molecule has 4 heteroatoms. The van der Waals surface area contributed by atoms with Crippen LogP contribution >= 0.6 is 0 Å². The molecule has 1 atom stereocenters. The fourth-order valence-corrected chi connectivity index (χ4v) is 2.55. The van der Waals surface area contributed by atoms with Crippen LogP contribution in [0.4, 0.5) is 5.69 Å². The third-order valence-electron chi connectivity index (χ3n) is 3.91. The minimum absolute atomic E-state index is 0.205. The van der Waals surface area contributed by atoms with E-state index in [1.807, 2.05) is 44.2 Å².